The first kappa shape index (κ1) is 32.0. The number of ether oxygens (including phenoxy) is 5. The van der Waals surface area contributed by atoms with Crippen molar-refractivity contribution in [2.24, 2.45) is 23.7 Å². The molecule has 4 atom stereocenters. The number of carbonyl (C=O) groups is 3. The van der Waals surface area contributed by atoms with E-state index in [-0.39, 0.29) is 35.8 Å². The van der Waals surface area contributed by atoms with Gasteiger partial charge in [0.05, 0.1) is 13.7 Å². The van der Waals surface area contributed by atoms with Crippen molar-refractivity contribution in [3.05, 3.63) is 18.0 Å². The summed E-state index contributed by atoms with van der Waals surface area (Å²) < 4.78 is 28.0. The fourth-order valence-corrected chi connectivity index (χ4v) is 6.94. The lowest BCUT2D eigenvalue weighted by atomic mass is 9.72. The first-order valence-corrected chi connectivity index (χ1v) is 15.7. The van der Waals surface area contributed by atoms with Crippen molar-refractivity contribution in [1.82, 2.24) is 10.3 Å². The van der Waals surface area contributed by atoms with Gasteiger partial charge in [-0.2, -0.15) is 0 Å². The van der Waals surface area contributed by atoms with E-state index in [0.29, 0.717) is 24.4 Å². The zero-order valence-corrected chi connectivity index (χ0v) is 25.4. The molecule has 0 spiro atoms. The van der Waals surface area contributed by atoms with Crippen LogP contribution in [0.4, 0.5) is 0 Å². The zero-order valence-electron chi connectivity index (χ0n) is 25.4. The van der Waals surface area contributed by atoms with E-state index >= 15 is 0 Å². The molecule has 2 aliphatic carbocycles. The summed E-state index contributed by atoms with van der Waals surface area (Å²) in [5, 5.41) is 2.74. The van der Waals surface area contributed by atoms with E-state index in [0.717, 1.165) is 12.8 Å². The Balaban J connectivity index is 1.48. The van der Waals surface area contributed by atoms with Crippen LogP contribution in [0.1, 0.15) is 101 Å². The van der Waals surface area contributed by atoms with Gasteiger partial charge in [0.2, 0.25) is 6.79 Å². The molecule has 42 heavy (non-hydrogen) atoms. The Hall–Kier alpha value is -2.88. The fourth-order valence-electron chi connectivity index (χ4n) is 6.94. The van der Waals surface area contributed by atoms with Gasteiger partial charge in [0.15, 0.2) is 23.2 Å². The van der Waals surface area contributed by atoms with Crippen molar-refractivity contribution in [2.75, 3.05) is 27.1 Å². The van der Waals surface area contributed by atoms with Crippen molar-refractivity contribution < 1.29 is 38.1 Å². The number of esters is 2. The number of nitrogens with one attached hydrogen (secondary N) is 1. The summed E-state index contributed by atoms with van der Waals surface area (Å²) in [6.45, 7) is 3.38. The number of rotatable bonds is 10. The van der Waals surface area contributed by atoms with Crippen LogP contribution >= 0.6 is 0 Å². The molecule has 0 unspecified atom stereocenters. The first-order chi connectivity index (χ1) is 20.4. The van der Waals surface area contributed by atoms with Crippen molar-refractivity contribution in [3.8, 4) is 11.5 Å². The van der Waals surface area contributed by atoms with E-state index in [1.165, 1.54) is 90.5 Å². The number of pyridine rings is 1. The smallest absolute Gasteiger partial charge is 0.331 e. The molecule has 10 nitrogen and oxygen atoms in total. The number of carbonyl (C=O) groups excluding carboxylic acids is 3. The lowest BCUT2D eigenvalue weighted by Gasteiger charge is -2.36. The number of aromatic nitrogens is 1. The van der Waals surface area contributed by atoms with E-state index in [1.807, 2.05) is 6.92 Å². The number of hydrogen-bond acceptors (Lipinski definition) is 9. The summed E-state index contributed by atoms with van der Waals surface area (Å²) in [5.41, 5.74) is -0.104. The van der Waals surface area contributed by atoms with Crippen LogP contribution in [0, 0.1) is 23.7 Å². The minimum Gasteiger partial charge on any atom is -0.493 e. The van der Waals surface area contributed by atoms with E-state index < -0.39 is 30.7 Å². The molecule has 10 heteroatoms. The highest BCUT2D eigenvalue weighted by molar-refractivity contribution is 5.98. The van der Waals surface area contributed by atoms with Crippen molar-refractivity contribution in [1.29, 1.82) is 0 Å². The second-order valence-corrected chi connectivity index (χ2v) is 12.2. The molecule has 1 saturated heterocycles. The van der Waals surface area contributed by atoms with Crippen LogP contribution in [-0.2, 0) is 23.8 Å². The Labute approximate surface area is 249 Å². The van der Waals surface area contributed by atoms with Gasteiger partial charge < -0.3 is 29.0 Å². The number of methoxy groups -OCH3 is 1. The van der Waals surface area contributed by atoms with Gasteiger partial charge in [-0.15, -0.1) is 0 Å². The van der Waals surface area contributed by atoms with Gasteiger partial charge in [-0.1, -0.05) is 64.2 Å². The Morgan fingerprint density at radius 3 is 2.31 bits per heavy atom. The van der Waals surface area contributed by atoms with Crippen LogP contribution in [-0.4, -0.2) is 62.1 Å². The minimum atomic E-state index is -1.02. The molecule has 1 aromatic heterocycles. The number of amides is 1. The van der Waals surface area contributed by atoms with E-state index in [9.17, 15) is 14.4 Å². The highest BCUT2D eigenvalue weighted by atomic mass is 16.7. The molecule has 2 saturated carbocycles. The van der Waals surface area contributed by atoms with E-state index in [4.69, 9.17) is 23.7 Å². The predicted molar refractivity (Wildman–Crippen MR) is 155 cm³/mol. The van der Waals surface area contributed by atoms with E-state index in [2.05, 4.69) is 10.3 Å². The van der Waals surface area contributed by atoms with Crippen LogP contribution in [0.3, 0.4) is 0 Å². The molecule has 4 rings (SSSR count). The summed E-state index contributed by atoms with van der Waals surface area (Å²) in [6, 6.07) is 0.510. The molecule has 3 aliphatic rings. The van der Waals surface area contributed by atoms with Crippen LogP contribution in [0.2, 0.25) is 0 Å². The lowest BCUT2D eigenvalue weighted by Crippen LogP contribution is -2.46. The second-order valence-electron chi connectivity index (χ2n) is 12.2. The Morgan fingerprint density at radius 2 is 1.67 bits per heavy atom. The van der Waals surface area contributed by atoms with Crippen LogP contribution < -0.4 is 14.8 Å². The average molecular weight is 589 g/mol. The molecule has 0 bridgehead atoms. The van der Waals surface area contributed by atoms with Crippen LogP contribution in [0.15, 0.2) is 12.3 Å². The van der Waals surface area contributed by atoms with Gasteiger partial charge in [0.1, 0.15) is 6.10 Å². The molecule has 2 heterocycles. The predicted octanol–water partition coefficient (Wildman–Crippen LogP) is 5.22. The third-order valence-corrected chi connectivity index (χ3v) is 9.18. The highest BCUT2D eigenvalue weighted by Gasteiger charge is 2.37. The molecule has 1 N–H and O–H groups in total. The molecule has 234 valence electrons. The minimum absolute atomic E-state index is 0.00220. The third-order valence-electron chi connectivity index (χ3n) is 9.18. The number of nitrogens with zero attached hydrogens (tertiary/aromatic N) is 1. The van der Waals surface area contributed by atoms with Gasteiger partial charge in [-0.05, 0) is 37.5 Å². The van der Waals surface area contributed by atoms with Gasteiger partial charge >= 0.3 is 11.9 Å². The summed E-state index contributed by atoms with van der Waals surface area (Å²) >= 11 is 0. The highest BCUT2D eigenvalue weighted by Crippen LogP contribution is 2.39. The van der Waals surface area contributed by atoms with Crippen molar-refractivity contribution >= 4 is 17.8 Å². The fraction of sp³-hybridized carbons (Fsp3) is 0.750. The lowest BCUT2D eigenvalue weighted by molar-refractivity contribution is -0.154. The van der Waals surface area contributed by atoms with Gasteiger partial charge in [0.25, 0.3) is 5.91 Å². The number of cyclic esters (lactones) is 1. The van der Waals surface area contributed by atoms with Gasteiger partial charge in [0, 0.05) is 31.7 Å². The van der Waals surface area contributed by atoms with Crippen LogP contribution in [0.25, 0.3) is 0 Å². The molecule has 1 aliphatic heterocycles. The topological polar surface area (TPSA) is 122 Å². The maximum atomic E-state index is 13.4. The summed E-state index contributed by atoms with van der Waals surface area (Å²) in [6.07, 6.45) is 16.0. The van der Waals surface area contributed by atoms with Gasteiger partial charge in [-0.3, -0.25) is 9.59 Å². The molecule has 3 fully saturated rings. The maximum absolute atomic E-state index is 13.4. The normalized spacial score (nSPS) is 26.2. The SMILES string of the molecule is COc1ccnc(C(=O)N[C@H]2COC[C@H](CC3CCCCC3)[C@@H](CC3CCCCC3)[C@H](C)OC2=O)c1OCOC(C)=O. The summed E-state index contributed by atoms with van der Waals surface area (Å²) in [7, 11) is 1.42. The molecule has 0 aromatic carbocycles. The van der Waals surface area contributed by atoms with E-state index in [1.54, 1.807) is 0 Å². The molecular formula is C32H48N2O8. The first-order valence-electron chi connectivity index (χ1n) is 15.7. The van der Waals surface area contributed by atoms with Gasteiger partial charge in [-0.25, -0.2) is 9.78 Å². The molecule has 0 radical (unpaired) electrons. The number of hydrogen-bond donors (Lipinski definition) is 1. The molecular weight excluding hydrogens is 540 g/mol. The Kier molecular flexibility index (Phi) is 12.3. The van der Waals surface area contributed by atoms with Crippen molar-refractivity contribution in [3.63, 3.8) is 0 Å². The van der Waals surface area contributed by atoms with Crippen molar-refractivity contribution in [2.45, 2.75) is 103 Å². The summed E-state index contributed by atoms with van der Waals surface area (Å²) in [4.78, 5) is 42.2. The summed E-state index contributed by atoms with van der Waals surface area (Å²) in [5.74, 6) is 0.388. The second kappa shape index (κ2) is 16.1. The Bertz CT molecular complexity index is 1040. The third kappa shape index (κ3) is 9.06. The average Bonchev–Trinajstić information content (AvgIpc) is 3.03. The Morgan fingerprint density at radius 1 is 1.00 bits per heavy atom. The zero-order chi connectivity index (χ0) is 29.9. The molecule has 1 aromatic rings. The quantitative estimate of drug-likeness (QED) is 0.289. The largest absolute Gasteiger partial charge is 0.493 e. The monoisotopic (exact) mass is 588 g/mol. The molecule has 1 amide bonds. The maximum Gasteiger partial charge on any atom is 0.331 e. The standard InChI is InChI=1S/C32H48N2O8/c1-21-26(17-24-12-8-5-9-13-24)25(16-23-10-6-4-7-11-23)18-39-19-27(32(37)42-21)34-31(36)29-30(41-20-40-22(2)35)28(38-3)14-15-33-29/h14-15,21,23-27H,4-13,16-20H2,1-3H3,(H,34,36)/t21-,25-,26-,27-/m0/s1. The van der Waals surface area contributed by atoms with Crippen LogP contribution in [0.5, 0.6) is 11.5 Å².